The standard InChI is InChI=1S/C9H10O2S/c1-11-9(10)8-6-4-2-3-5-7-12-8/h2-8H,1H3. The minimum Gasteiger partial charge on any atom is -0.468 e. The lowest BCUT2D eigenvalue weighted by Crippen LogP contribution is -2.15. The Kier molecular flexibility index (Phi) is 3.67. The van der Waals surface area contributed by atoms with Gasteiger partial charge in [-0.05, 0) is 5.41 Å². The van der Waals surface area contributed by atoms with Gasteiger partial charge in [0.2, 0.25) is 0 Å². The molecule has 0 N–H and O–H groups in total. The van der Waals surface area contributed by atoms with Crippen LogP contribution in [0.5, 0.6) is 0 Å². The second-order valence-corrected chi connectivity index (χ2v) is 3.23. The van der Waals surface area contributed by atoms with Gasteiger partial charge in [-0.2, -0.15) is 0 Å². The van der Waals surface area contributed by atoms with E-state index in [0.717, 1.165) is 0 Å². The van der Waals surface area contributed by atoms with Crippen LogP contribution < -0.4 is 0 Å². The number of hydrogen-bond donors (Lipinski definition) is 0. The van der Waals surface area contributed by atoms with E-state index in [4.69, 9.17) is 0 Å². The number of rotatable bonds is 1. The van der Waals surface area contributed by atoms with E-state index in [9.17, 15) is 4.79 Å². The van der Waals surface area contributed by atoms with E-state index >= 15 is 0 Å². The third kappa shape index (κ3) is 2.58. The Morgan fingerprint density at radius 3 is 2.83 bits per heavy atom. The maximum Gasteiger partial charge on any atom is 0.323 e. The predicted octanol–water partition coefficient (Wildman–Crippen LogP) is 1.90. The maximum atomic E-state index is 11.1. The summed E-state index contributed by atoms with van der Waals surface area (Å²) in [6.45, 7) is 0. The van der Waals surface area contributed by atoms with Crippen molar-refractivity contribution < 1.29 is 9.53 Å². The SMILES string of the molecule is COC(=O)C1C=CC=CC=CS1. The first kappa shape index (κ1) is 9.13. The highest BCUT2D eigenvalue weighted by atomic mass is 32.2. The summed E-state index contributed by atoms with van der Waals surface area (Å²) in [5, 5.41) is 1.66. The largest absolute Gasteiger partial charge is 0.468 e. The number of esters is 1. The molecule has 64 valence electrons. The zero-order valence-corrected chi connectivity index (χ0v) is 7.58. The number of thioether (sulfide) groups is 1. The Hall–Kier alpha value is -0.960. The van der Waals surface area contributed by atoms with Gasteiger partial charge in [0.05, 0.1) is 7.11 Å². The summed E-state index contributed by atoms with van der Waals surface area (Å²) in [7, 11) is 1.40. The summed E-state index contributed by atoms with van der Waals surface area (Å²) in [5.74, 6) is -0.212. The first-order valence-corrected chi connectivity index (χ1v) is 4.52. The quantitative estimate of drug-likeness (QED) is 0.579. The van der Waals surface area contributed by atoms with Crippen molar-refractivity contribution in [2.24, 2.45) is 0 Å². The minimum absolute atomic E-state index is 0.212. The Morgan fingerprint density at radius 1 is 1.33 bits per heavy atom. The van der Waals surface area contributed by atoms with Crippen LogP contribution >= 0.6 is 11.8 Å². The van der Waals surface area contributed by atoms with Crippen LogP contribution in [0.1, 0.15) is 0 Å². The van der Waals surface area contributed by atoms with E-state index in [1.165, 1.54) is 18.9 Å². The van der Waals surface area contributed by atoms with Gasteiger partial charge in [-0.1, -0.05) is 30.4 Å². The monoisotopic (exact) mass is 182 g/mol. The minimum atomic E-state index is -0.212. The third-order valence-electron chi connectivity index (χ3n) is 1.36. The van der Waals surface area contributed by atoms with Crippen molar-refractivity contribution in [1.82, 2.24) is 0 Å². The number of methoxy groups -OCH3 is 1. The second-order valence-electron chi connectivity index (χ2n) is 2.18. The maximum absolute atomic E-state index is 11.1. The van der Waals surface area contributed by atoms with Crippen molar-refractivity contribution >= 4 is 17.7 Å². The molecule has 1 aliphatic rings. The Balaban J connectivity index is 2.65. The molecule has 0 aromatic carbocycles. The van der Waals surface area contributed by atoms with Crippen molar-refractivity contribution in [3.05, 3.63) is 35.8 Å². The number of carbonyl (C=O) groups excluding carboxylic acids is 1. The summed E-state index contributed by atoms with van der Waals surface area (Å²) in [5.41, 5.74) is 0. The highest BCUT2D eigenvalue weighted by molar-refractivity contribution is 8.03. The number of hydrogen-bond acceptors (Lipinski definition) is 3. The molecule has 0 bridgehead atoms. The normalized spacial score (nSPS) is 21.6. The average Bonchev–Trinajstić information content (AvgIpc) is 2.02. The molecule has 2 nitrogen and oxygen atoms in total. The molecule has 1 aliphatic heterocycles. The number of carbonyl (C=O) groups is 1. The van der Waals surface area contributed by atoms with Crippen LogP contribution in [-0.4, -0.2) is 18.3 Å². The van der Waals surface area contributed by atoms with Gasteiger partial charge < -0.3 is 4.74 Å². The van der Waals surface area contributed by atoms with Crippen molar-refractivity contribution in [2.45, 2.75) is 5.25 Å². The molecule has 0 aromatic heterocycles. The summed E-state index contributed by atoms with van der Waals surface area (Å²) >= 11 is 1.44. The van der Waals surface area contributed by atoms with Crippen molar-refractivity contribution in [3.8, 4) is 0 Å². The molecule has 0 amide bonds. The van der Waals surface area contributed by atoms with Crippen LogP contribution in [-0.2, 0) is 9.53 Å². The smallest absolute Gasteiger partial charge is 0.323 e. The molecule has 0 aromatic rings. The second kappa shape index (κ2) is 4.83. The molecule has 0 fully saturated rings. The van der Waals surface area contributed by atoms with Gasteiger partial charge in [0.25, 0.3) is 0 Å². The first-order chi connectivity index (χ1) is 5.84. The summed E-state index contributed by atoms with van der Waals surface area (Å²) in [6.07, 6.45) is 9.35. The van der Waals surface area contributed by atoms with Crippen LogP contribution in [0.25, 0.3) is 0 Å². The average molecular weight is 182 g/mol. The molecular formula is C9H10O2S. The first-order valence-electron chi connectivity index (χ1n) is 3.58. The fourth-order valence-corrected chi connectivity index (χ4v) is 1.50. The van der Waals surface area contributed by atoms with Gasteiger partial charge >= 0.3 is 5.97 Å². The highest BCUT2D eigenvalue weighted by Gasteiger charge is 2.14. The summed E-state index contributed by atoms with van der Waals surface area (Å²) < 4.78 is 4.62. The molecular weight excluding hydrogens is 172 g/mol. The molecule has 0 aliphatic carbocycles. The molecule has 1 unspecified atom stereocenters. The van der Waals surface area contributed by atoms with Gasteiger partial charge in [0.15, 0.2) is 0 Å². The van der Waals surface area contributed by atoms with Crippen molar-refractivity contribution in [2.75, 3.05) is 7.11 Å². The number of ether oxygens (including phenoxy) is 1. The number of allylic oxidation sites excluding steroid dienone is 4. The molecule has 0 saturated heterocycles. The van der Waals surface area contributed by atoms with Crippen LogP contribution in [0, 0.1) is 0 Å². The van der Waals surface area contributed by atoms with E-state index in [-0.39, 0.29) is 11.2 Å². The molecule has 1 rings (SSSR count). The fourth-order valence-electron chi connectivity index (χ4n) is 0.764. The third-order valence-corrected chi connectivity index (χ3v) is 2.31. The lowest BCUT2D eigenvalue weighted by atomic mass is 10.3. The van der Waals surface area contributed by atoms with Gasteiger partial charge in [0, 0.05) is 0 Å². The van der Waals surface area contributed by atoms with Crippen LogP contribution in [0.3, 0.4) is 0 Å². The Labute approximate surface area is 76.0 Å². The van der Waals surface area contributed by atoms with E-state index in [1.54, 1.807) is 0 Å². The molecule has 0 spiro atoms. The van der Waals surface area contributed by atoms with Crippen molar-refractivity contribution in [1.29, 1.82) is 0 Å². The van der Waals surface area contributed by atoms with Gasteiger partial charge in [0.1, 0.15) is 5.25 Å². The van der Waals surface area contributed by atoms with Gasteiger partial charge in [-0.3, -0.25) is 4.79 Å². The molecule has 1 heterocycles. The molecule has 12 heavy (non-hydrogen) atoms. The van der Waals surface area contributed by atoms with Crippen LogP contribution in [0.4, 0.5) is 0 Å². The van der Waals surface area contributed by atoms with Gasteiger partial charge in [-0.15, -0.1) is 11.8 Å². The zero-order chi connectivity index (χ0) is 8.81. The Bertz CT molecular complexity index is 241. The van der Waals surface area contributed by atoms with Crippen LogP contribution in [0.15, 0.2) is 35.8 Å². The summed E-state index contributed by atoms with van der Waals surface area (Å²) in [4.78, 5) is 11.1. The molecule has 1 atom stereocenters. The topological polar surface area (TPSA) is 26.3 Å². The summed E-state index contributed by atoms with van der Waals surface area (Å²) in [6, 6.07) is 0. The van der Waals surface area contributed by atoms with Gasteiger partial charge in [-0.25, -0.2) is 0 Å². The van der Waals surface area contributed by atoms with E-state index in [2.05, 4.69) is 4.74 Å². The van der Waals surface area contributed by atoms with Crippen LogP contribution in [0.2, 0.25) is 0 Å². The predicted molar refractivity (Wildman–Crippen MR) is 50.8 cm³/mol. The lowest BCUT2D eigenvalue weighted by Gasteiger charge is -2.06. The zero-order valence-electron chi connectivity index (χ0n) is 6.77. The van der Waals surface area contributed by atoms with E-state index in [1.807, 2.05) is 35.8 Å². The molecule has 0 saturated carbocycles. The fraction of sp³-hybridized carbons (Fsp3) is 0.222. The van der Waals surface area contributed by atoms with E-state index < -0.39 is 0 Å². The Morgan fingerprint density at radius 2 is 2.08 bits per heavy atom. The van der Waals surface area contributed by atoms with Crippen molar-refractivity contribution in [3.63, 3.8) is 0 Å². The molecule has 0 radical (unpaired) electrons. The molecule has 3 heteroatoms. The van der Waals surface area contributed by atoms with E-state index in [0.29, 0.717) is 0 Å². The highest BCUT2D eigenvalue weighted by Crippen LogP contribution is 2.16. The lowest BCUT2D eigenvalue weighted by molar-refractivity contribution is -0.139.